The zero-order chi connectivity index (χ0) is 21.4. The number of carbonyl (C=O) groups is 2. The first-order valence-corrected chi connectivity index (χ1v) is 11.0. The molecule has 2 amide bonds. The molecule has 3 aromatic heterocycles. The lowest BCUT2D eigenvalue weighted by atomic mass is 10.1. The van der Waals surface area contributed by atoms with Gasteiger partial charge in [0.1, 0.15) is 0 Å². The number of carbonyl (C=O) groups excluding carboxylic acids is 2. The predicted molar refractivity (Wildman–Crippen MR) is 122 cm³/mol. The average molecular weight is 432 g/mol. The maximum atomic E-state index is 13.3. The van der Waals surface area contributed by atoms with Gasteiger partial charge in [-0.3, -0.25) is 9.59 Å². The van der Waals surface area contributed by atoms with Gasteiger partial charge >= 0.3 is 0 Å². The highest BCUT2D eigenvalue weighted by Crippen LogP contribution is 2.30. The molecule has 0 bridgehead atoms. The number of thiophene rings is 1. The highest BCUT2D eigenvalue weighted by molar-refractivity contribution is 7.09. The van der Waals surface area contributed by atoms with Crippen molar-refractivity contribution in [3.05, 3.63) is 70.2 Å². The van der Waals surface area contributed by atoms with Crippen molar-refractivity contribution in [2.24, 2.45) is 0 Å². The maximum absolute atomic E-state index is 13.3. The molecule has 31 heavy (non-hydrogen) atoms. The van der Waals surface area contributed by atoms with Crippen molar-refractivity contribution in [3.63, 3.8) is 0 Å². The molecule has 5 rings (SSSR count). The zero-order valence-electron chi connectivity index (χ0n) is 17.0. The van der Waals surface area contributed by atoms with Gasteiger partial charge in [0.05, 0.1) is 35.1 Å². The first-order valence-electron chi connectivity index (χ1n) is 10.2. The first-order chi connectivity index (χ1) is 15.1. The van der Waals surface area contributed by atoms with E-state index in [0.29, 0.717) is 41.8 Å². The molecule has 0 spiro atoms. The largest absolute Gasteiger partial charge is 0.320 e. The number of amides is 2. The third-order valence-electron chi connectivity index (χ3n) is 5.38. The van der Waals surface area contributed by atoms with E-state index in [9.17, 15) is 9.59 Å². The van der Waals surface area contributed by atoms with E-state index in [1.165, 1.54) is 4.88 Å². The van der Waals surface area contributed by atoms with Gasteiger partial charge < -0.3 is 10.2 Å². The summed E-state index contributed by atoms with van der Waals surface area (Å²) < 4.78 is 1.82. The summed E-state index contributed by atoms with van der Waals surface area (Å²) in [5.74, 6) is -0.163. The van der Waals surface area contributed by atoms with Crippen LogP contribution in [0.1, 0.15) is 33.8 Å². The lowest BCUT2D eigenvalue weighted by Gasteiger charge is -2.20. The number of nitrogens with one attached hydrogen (secondary N) is 1. The molecular weight excluding hydrogens is 410 g/mol. The van der Waals surface area contributed by atoms with E-state index in [4.69, 9.17) is 0 Å². The van der Waals surface area contributed by atoms with Gasteiger partial charge in [0, 0.05) is 23.5 Å². The SMILES string of the molecule is Cc1cc(C(=O)Nc2ccccc2N2CCCC2=O)c2cnn(Cc3cccs3)c2n1. The molecule has 0 unspecified atom stereocenters. The van der Waals surface area contributed by atoms with Crippen LogP contribution in [0, 0.1) is 6.92 Å². The number of aryl methyl sites for hydroxylation is 1. The van der Waals surface area contributed by atoms with Gasteiger partial charge in [-0.15, -0.1) is 11.3 Å². The number of pyridine rings is 1. The standard InChI is InChI=1S/C23H21N5O2S/c1-15-12-17(18-13-24-28(22(18)25-15)14-16-6-5-11-31-16)23(30)26-19-7-2-3-8-20(19)27-10-4-9-21(27)29/h2-3,5-8,11-13H,4,9-10,14H2,1H3,(H,26,30). The molecule has 0 radical (unpaired) electrons. The summed E-state index contributed by atoms with van der Waals surface area (Å²) in [6.45, 7) is 3.15. The summed E-state index contributed by atoms with van der Waals surface area (Å²) in [5, 5.41) is 10.2. The number of fused-ring (bicyclic) bond motifs is 1. The highest BCUT2D eigenvalue weighted by Gasteiger charge is 2.25. The number of para-hydroxylation sites is 2. The van der Waals surface area contributed by atoms with Crippen LogP contribution in [0.15, 0.2) is 54.0 Å². The molecule has 8 heteroatoms. The molecule has 0 atom stereocenters. The molecule has 0 saturated carbocycles. The van der Waals surface area contributed by atoms with Crippen LogP contribution in [-0.2, 0) is 11.3 Å². The normalized spacial score (nSPS) is 13.8. The molecule has 7 nitrogen and oxygen atoms in total. The molecule has 4 aromatic rings. The monoisotopic (exact) mass is 431 g/mol. The van der Waals surface area contributed by atoms with Crippen LogP contribution in [0.2, 0.25) is 0 Å². The van der Waals surface area contributed by atoms with Crippen molar-refractivity contribution in [2.75, 3.05) is 16.8 Å². The number of benzene rings is 1. The van der Waals surface area contributed by atoms with E-state index in [0.717, 1.165) is 17.8 Å². The molecule has 1 aliphatic rings. The first kappa shape index (κ1) is 19.4. The summed E-state index contributed by atoms with van der Waals surface area (Å²) in [5.41, 5.74) is 3.29. The molecular formula is C23H21N5O2S. The molecule has 1 aliphatic heterocycles. The Hall–Kier alpha value is -3.52. The van der Waals surface area contributed by atoms with E-state index in [2.05, 4.69) is 21.5 Å². The second-order valence-electron chi connectivity index (χ2n) is 7.55. The Labute approximate surface area is 183 Å². The summed E-state index contributed by atoms with van der Waals surface area (Å²) in [4.78, 5) is 33.0. The fourth-order valence-electron chi connectivity index (χ4n) is 3.93. The topological polar surface area (TPSA) is 80.1 Å². The van der Waals surface area contributed by atoms with E-state index in [1.807, 2.05) is 47.3 Å². The second kappa shape index (κ2) is 7.96. The Morgan fingerprint density at radius 2 is 2.10 bits per heavy atom. The molecule has 0 aliphatic carbocycles. The second-order valence-corrected chi connectivity index (χ2v) is 8.58. The molecule has 1 N–H and O–H groups in total. The van der Waals surface area contributed by atoms with Crippen LogP contribution >= 0.6 is 11.3 Å². The number of hydrogen-bond acceptors (Lipinski definition) is 5. The van der Waals surface area contributed by atoms with Crippen LogP contribution in [-0.4, -0.2) is 33.1 Å². The van der Waals surface area contributed by atoms with E-state index in [1.54, 1.807) is 28.5 Å². The number of nitrogens with zero attached hydrogens (tertiary/aromatic N) is 4. The van der Waals surface area contributed by atoms with Crippen LogP contribution in [0.3, 0.4) is 0 Å². The van der Waals surface area contributed by atoms with Crippen LogP contribution in [0.4, 0.5) is 11.4 Å². The fourth-order valence-corrected chi connectivity index (χ4v) is 4.62. The van der Waals surface area contributed by atoms with Crippen LogP contribution in [0.25, 0.3) is 11.0 Å². The van der Waals surface area contributed by atoms with E-state index in [-0.39, 0.29) is 11.8 Å². The number of anilines is 2. The van der Waals surface area contributed by atoms with Crippen molar-refractivity contribution in [3.8, 4) is 0 Å². The van der Waals surface area contributed by atoms with Crippen LogP contribution in [0.5, 0.6) is 0 Å². The minimum Gasteiger partial charge on any atom is -0.320 e. The molecule has 1 saturated heterocycles. The summed E-state index contributed by atoms with van der Waals surface area (Å²) in [6, 6.07) is 13.3. The number of hydrogen-bond donors (Lipinski definition) is 1. The smallest absolute Gasteiger partial charge is 0.256 e. The minimum atomic E-state index is -0.245. The van der Waals surface area contributed by atoms with Gasteiger partial charge in [-0.05, 0) is 43.0 Å². The van der Waals surface area contributed by atoms with Crippen molar-refractivity contribution in [1.82, 2.24) is 14.8 Å². The lowest BCUT2D eigenvalue weighted by molar-refractivity contribution is -0.117. The molecule has 156 valence electrons. The lowest BCUT2D eigenvalue weighted by Crippen LogP contribution is -2.25. The van der Waals surface area contributed by atoms with Gasteiger partial charge in [-0.25, -0.2) is 9.67 Å². The Kier molecular flexibility index (Phi) is 4.99. The highest BCUT2D eigenvalue weighted by atomic mass is 32.1. The molecule has 1 aromatic carbocycles. The Bertz CT molecular complexity index is 1280. The molecule has 1 fully saturated rings. The van der Waals surface area contributed by atoms with E-state index >= 15 is 0 Å². The molecule has 4 heterocycles. The van der Waals surface area contributed by atoms with Crippen molar-refractivity contribution >= 4 is 45.6 Å². The minimum absolute atomic E-state index is 0.0821. The van der Waals surface area contributed by atoms with Gasteiger partial charge in [0.2, 0.25) is 5.91 Å². The van der Waals surface area contributed by atoms with Gasteiger partial charge in [0.15, 0.2) is 5.65 Å². The summed E-state index contributed by atoms with van der Waals surface area (Å²) in [6.07, 6.45) is 3.06. The Morgan fingerprint density at radius 3 is 2.87 bits per heavy atom. The quantitative estimate of drug-likeness (QED) is 0.513. The zero-order valence-corrected chi connectivity index (χ0v) is 17.9. The number of aromatic nitrogens is 3. The fraction of sp³-hybridized carbons (Fsp3) is 0.217. The summed E-state index contributed by atoms with van der Waals surface area (Å²) in [7, 11) is 0. The summed E-state index contributed by atoms with van der Waals surface area (Å²) >= 11 is 1.66. The third-order valence-corrected chi connectivity index (χ3v) is 6.25. The predicted octanol–water partition coefficient (Wildman–Crippen LogP) is 4.23. The average Bonchev–Trinajstić information content (AvgIpc) is 3.51. The van der Waals surface area contributed by atoms with Crippen LogP contribution < -0.4 is 10.2 Å². The van der Waals surface area contributed by atoms with E-state index < -0.39 is 0 Å². The third kappa shape index (κ3) is 3.70. The van der Waals surface area contributed by atoms with Crippen molar-refractivity contribution in [1.29, 1.82) is 0 Å². The Morgan fingerprint density at radius 1 is 1.23 bits per heavy atom. The Balaban J connectivity index is 1.48. The van der Waals surface area contributed by atoms with Gasteiger partial charge in [-0.1, -0.05) is 18.2 Å². The number of rotatable bonds is 5. The van der Waals surface area contributed by atoms with Gasteiger partial charge in [-0.2, -0.15) is 5.10 Å². The van der Waals surface area contributed by atoms with Crippen molar-refractivity contribution < 1.29 is 9.59 Å². The van der Waals surface area contributed by atoms with Crippen molar-refractivity contribution in [2.45, 2.75) is 26.3 Å². The van der Waals surface area contributed by atoms with Gasteiger partial charge in [0.25, 0.3) is 5.91 Å². The maximum Gasteiger partial charge on any atom is 0.256 e.